The van der Waals surface area contributed by atoms with Crippen molar-refractivity contribution in [3.63, 3.8) is 0 Å². The summed E-state index contributed by atoms with van der Waals surface area (Å²) >= 11 is 3.45. The van der Waals surface area contributed by atoms with Gasteiger partial charge in [-0.05, 0) is 24.6 Å². The summed E-state index contributed by atoms with van der Waals surface area (Å²) in [6.07, 6.45) is 0.946. The van der Waals surface area contributed by atoms with Gasteiger partial charge in [-0.3, -0.25) is 4.79 Å². The van der Waals surface area contributed by atoms with Crippen LogP contribution in [0.25, 0.3) is 0 Å². The molecule has 1 aromatic carbocycles. The largest absolute Gasteiger partial charge is 0.351 e. The average molecular weight is 269 g/mol. The van der Waals surface area contributed by atoms with Gasteiger partial charge in [0.1, 0.15) is 0 Å². The molecule has 2 N–H and O–H groups in total. The number of hydrogen-bond acceptors (Lipinski definition) is 2. The fourth-order valence-corrected chi connectivity index (χ4v) is 1.88. The Bertz CT molecular complexity index is 363. The van der Waals surface area contributed by atoms with Crippen LogP contribution in [0.3, 0.4) is 0 Å². The van der Waals surface area contributed by atoms with E-state index in [0.717, 1.165) is 23.0 Å². The second-order valence-corrected chi connectivity index (χ2v) is 4.46. The maximum atomic E-state index is 11.5. The maximum absolute atomic E-state index is 11.5. The van der Waals surface area contributed by atoms with E-state index in [2.05, 4.69) is 26.6 Å². The highest BCUT2D eigenvalue weighted by molar-refractivity contribution is 9.10. The molecule has 0 radical (unpaired) electrons. The Hall–Kier alpha value is -0.870. The van der Waals surface area contributed by atoms with Crippen molar-refractivity contribution in [2.75, 3.05) is 6.54 Å². The fraction of sp³-hybridized carbons (Fsp3) is 0.364. The lowest BCUT2D eigenvalue weighted by Gasteiger charge is -2.26. The molecule has 15 heavy (non-hydrogen) atoms. The lowest BCUT2D eigenvalue weighted by atomic mass is 10.1. The summed E-state index contributed by atoms with van der Waals surface area (Å²) in [5.41, 5.74) is 1.10. The zero-order valence-corrected chi connectivity index (χ0v) is 9.88. The van der Waals surface area contributed by atoms with Gasteiger partial charge in [-0.1, -0.05) is 34.1 Å². The highest BCUT2D eigenvalue weighted by Gasteiger charge is 2.23. The van der Waals surface area contributed by atoms with Crippen molar-refractivity contribution in [1.29, 1.82) is 0 Å². The lowest BCUT2D eigenvalue weighted by Crippen LogP contribution is -2.52. The Morgan fingerprint density at radius 1 is 1.53 bits per heavy atom. The summed E-state index contributed by atoms with van der Waals surface area (Å²) in [7, 11) is 0. The number of benzene rings is 1. The first-order valence-electron chi connectivity index (χ1n) is 5.02. The van der Waals surface area contributed by atoms with Crippen LogP contribution in [0.2, 0.25) is 0 Å². The molecule has 3 nitrogen and oxygen atoms in total. The average Bonchev–Trinajstić information content (AvgIpc) is 2.14. The number of amides is 1. The molecule has 1 heterocycles. The third-order valence-electron chi connectivity index (χ3n) is 2.55. The van der Waals surface area contributed by atoms with Crippen molar-refractivity contribution in [2.45, 2.75) is 19.0 Å². The first-order valence-corrected chi connectivity index (χ1v) is 5.81. The monoisotopic (exact) mass is 268 g/mol. The molecule has 0 unspecified atom stereocenters. The third-order valence-corrected chi connectivity index (χ3v) is 3.32. The molecule has 1 aliphatic rings. The summed E-state index contributed by atoms with van der Waals surface area (Å²) in [6.45, 7) is 1.53. The SMILES string of the molecule is O=C(NCc1ccccc1Br)[C@H]1CCN1. The Labute approximate surface area is 97.4 Å². The molecular formula is C11H13BrN2O. The first-order chi connectivity index (χ1) is 7.27. The van der Waals surface area contributed by atoms with Gasteiger partial charge in [0.05, 0.1) is 6.04 Å². The number of carbonyl (C=O) groups excluding carboxylic acids is 1. The van der Waals surface area contributed by atoms with E-state index in [0.29, 0.717) is 6.54 Å². The van der Waals surface area contributed by atoms with Crippen LogP contribution in [0.4, 0.5) is 0 Å². The van der Waals surface area contributed by atoms with Crippen LogP contribution in [0.15, 0.2) is 28.7 Å². The second kappa shape index (κ2) is 4.77. The lowest BCUT2D eigenvalue weighted by molar-refractivity contribution is -0.124. The van der Waals surface area contributed by atoms with Crippen molar-refractivity contribution in [3.8, 4) is 0 Å². The predicted molar refractivity (Wildman–Crippen MR) is 62.4 cm³/mol. The summed E-state index contributed by atoms with van der Waals surface area (Å²) in [4.78, 5) is 11.5. The molecule has 0 aliphatic carbocycles. The number of carbonyl (C=O) groups is 1. The van der Waals surface area contributed by atoms with Crippen molar-refractivity contribution < 1.29 is 4.79 Å². The van der Waals surface area contributed by atoms with Crippen LogP contribution < -0.4 is 10.6 Å². The summed E-state index contributed by atoms with van der Waals surface area (Å²) in [5, 5.41) is 5.98. The number of halogens is 1. The van der Waals surface area contributed by atoms with E-state index in [4.69, 9.17) is 0 Å². The number of hydrogen-bond donors (Lipinski definition) is 2. The summed E-state index contributed by atoms with van der Waals surface area (Å²) in [6, 6.07) is 7.92. The topological polar surface area (TPSA) is 41.1 Å². The molecule has 0 saturated carbocycles. The highest BCUT2D eigenvalue weighted by atomic mass is 79.9. The van der Waals surface area contributed by atoms with Gasteiger partial charge in [-0.2, -0.15) is 0 Å². The van der Waals surface area contributed by atoms with E-state index >= 15 is 0 Å². The van der Waals surface area contributed by atoms with Gasteiger partial charge in [0.2, 0.25) is 5.91 Å². The molecule has 1 aliphatic heterocycles. The van der Waals surface area contributed by atoms with E-state index in [1.165, 1.54) is 0 Å². The van der Waals surface area contributed by atoms with E-state index in [-0.39, 0.29) is 11.9 Å². The van der Waals surface area contributed by atoms with Gasteiger partial charge in [-0.25, -0.2) is 0 Å². The van der Waals surface area contributed by atoms with Crippen LogP contribution in [0.1, 0.15) is 12.0 Å². The molecular weight excluding hydrogens is 256 g/mol. The van der Waals surface area contributed by atoms with Gasteiger partial charge in [-0.15, -0.1) is 0 Å². The minimum absolute atomic E-state index is 0.0208. The molecule has 1 fully saturated rings. The van der Waals surface area contributed by atoms with Crippen LogP contribution in [0, 0.1) is 0 Å². The molecule has 80 valence electrons. The van der Waals surface area contributed by atoms with Gasteiger partial charge in [0.15, 0.2) is 0 Å². The standard InChI is InChI=1S/C11H13BrN2O/c12-9-4-2-1-3-8(9)7-14-11(15)10-5-6-13-10/h1-4,10,13H,5-7H2,(H,14,15)/t10-/m1/s1. The van der Waals surface area contributed by atoms with E-state index < -0.39 is 0 Å². The first kappa shape index (κ1) is 10.6. The Balaban J connectivity index is 1.87. The fourth-order valence-electron chi connectivity index (χ4n) is 1.46. The Morgan fingerprint density at radius 2 is 2.27 bits per heavy atom. The molecule has 1 saturated heterocycles. The second-order valence-electron chi connectivity index (χ2n) is 3.60. The number of nitrogens with one attached hydrogen (secondary N) is 2. The van der Waals surface area contributed by atoms with E-state index in [1.807, 2.05) is 24.3 Å². The van der Waals surface area contributed by atoms with Gasteiger partial charge >= 0.3 is 0 Å². The third kappa shape index (κ3) is 2.58. The molecule has 1 atom stereocenters. The zero-order valence-electron chi connectivity index (χ0n) is 8.29. The van der Waals surface area contributed by atoms with Crippen LogP contribution in [0.5, 0.6) is 0 Å². The minimum atomic E-state index is 0.0208. The Kier molecular flexibility index (Phi) is 3.38. The van der Waals surface area contributed by atoms with Crippen LogP contribution in [-0.4, -0.2) is 18.5 Å². The smallest absolute Gasteiger partial charge is 0.237 e. The predicted octanol–water partition coefficient (Wildman–Crippen LogP) is 1.43. The molecule has 0 spiro atoms. The summed E-state index contributed by atoms with van der Waals surface area (Å²) in [5.74, 6) is 0.0944. The summed E-state index contributed by atoms with van der Waals surface area (Å²) < 4.78 is 1.03. The van der Waals surface area contributed by atoms with Crippen LogP contribution >= 0.6 is 15.9 Å². The van der Waals surface area contributed by atoms with Crippen molar-refractivity contribution in [1.82, 2.24) is 10.6 Å². The molecule has 2 rings (SSSR count). The molecule has 1 aromatic rings. The van der Waals surface area contributed by atoms with Gasteiger partial charge in [0, 0.05) is 11.0 Å². The van der Waals surface area contributed by atoms with E-state index in [1.54, 1.807) is 0 Å². The molecule has 4 heteroatoms. The minimum Gasteiger partial charge on any atom is -0.351 e. The quantitative estimate of drug-likeness (QED) is 0.871. The highest BCUT2D eigenvalue weighted by Crippen LogP contribution is 2.15. The van der Waals surface area contributed by atoms with Crippen molar-refractivity contribution >= 4 is 21.8 Å². The van der Waals surface area contributed by atoms with Crippen molar-refractivity contribution in [2.24, 2.45) is 0 Å². The normalized spacial score (nSPS) is 19.4. The van der Waals surface area contributed by atoms with E-state index in [9.17, 15) is 4.79 Å². The molecule has 1 amide bonds. The maximum Gasteiger partial charge on any atom is 0.237 e. The molecule has 0 aromatic heterocycles. The zero-order chi connectivity index (χ0) is 10.7. The van der Waals surface area contributed by atoms with Gasteiger partial charge in [0.25, 0.3) is 0 Å². The van der Waals surface area contributed by atoms with Crippen molar-refractivity contribution in [3.05, 3.63) is 34.3 Å². The van der Waals surface area contributed by atoms with Gasteiger partial charge < -0.3 is 10.6 Å². The van der Waals surface area contributed by atoms with Crippen LogP contribution in [-0.2, 0) is 11.3 Å². The Morgan fingerprint density at radius 3 is 2.87 bits per heavy atom. The number of rotatable bonds is 3. The molecule has 0 bridgehead atoms.